The number of carbonyl (C=O) groups excluding carboxylic acids is 3. The lowest BCUT2D eigenvalue weighted by Crippen LogP contribution is -2.70. The molecule has 3 aromatic carbocycles. The van der Waals surface area contributed by atoms with Crippen molar-refractivity contribution < 1.29 is 28.6 Å². The topological polar surface area (TPSA) is 97.4 Å². The van der Waals surface area contributed by atoms with Crippen LogP contribution in [0.2, 0.25) is 0 Å². The van der Waals surface area contributed by atoms with Gasteiger partial charge in [-0.3, -0.25) is 9.69 Å². The first kappa shape index (κ1) is 32.4. The lowest BCUT2D eigenvalue weighted by Gasteiger charge is -2.52. The molecule has 10 heteroatoms. The van der Waals surface area contributed by atoms with Crippen LogP contribution in [0.1, 0.15) is 44.4 Å². The standard InChI is InChI=1S/C37H39N3O6S/c1-37(2,3)46-36(43)38-30-22-40-31(35(42)45-32(24-11-7-5-8-12-24)25-13-9-6-10-14-25)27(23-47-34(30)40)21-26-19-20-39(33(26)41)28-15-17-29(44-4)18-16-28/h5-18,21,23,30-32,34H,19-20,22H2,1-4H3,(H,38,43)/t30-,31+,34-/m1/s1. The minimum atomic E-state index is -0.775. The van der Waals surface area contributed by atoms with Gasteiger partial charge >= 0.3 is 12.1 Å². The molecule has 3 aromatic rings. The van der Waals surface area contributed by atoms with E-state index in [-0.39, 0.29) is 17.3 Å². The summed E-state index contributed by atoms with van der Waals surface area (Å²) < 4.78 is 17.1. The Hall–Kier alpha value is -4.54. The van der Waals surface area contributed by atoms with Gasteiger partial charge in [-0.2, -0.15) is 0 Å². The summed E-state index contributed by atoms with van der Waals surface area (Å²) in [5, 5.41) is 4.68. The van der Waals surface area contributed by atoms with Crippen LogP contribution in [0.15, 0.2) is 108 Å². The van der Waals surface area contributed by atoms with Crippen molar-refractivity contribution in [3.8, 4) is 5.75 Å². The van der Waals surface area contributed by atoms with Gasteiger partial charge in [0.05, 0.1) is 18.5 Å². The van der Waals surface area contributed by atoms with Crippen molar-refractivity contribution in [3.63, 3.8) is 0 Å². The largest absolute Gasteiger partial charge is 0.497 e. The van der Waals surface area contributed by atoms with Crippen molar-refractivity contribution in [3.05, 3.63) is 119 Å². The highest BCUT2D eigenvalue weighted by atomic mass is 32.2. The number of nitrogens with one attached hydrogen (secondary N) is 1. The van der Waals surface area contributed by atoms with Gasteiger partial charge in [0.2, 0.25) is 0 Å². The van der Waals surface area contributed by atoms with E-state index in [1.54, 1.807) is 12.0 Å². The third kappa shape index (κ3) is 7.24. The number of fused-ring (bicyclic) bond motifs is 1. The molecule has 3 heterocycles. The number of rotatable bonds is 8. The van der Waals surface area contributed by atoms with Gasteiger partial charge in [0.1, 0.15) is 17.4 Å². The van der Waals surface area contributed by atoms with Crippen LogP contribution in [-0.4, -0.2) is 66.1 Å². The van der Waals surface area contributed by atoms with Crippen molar-refractivity contribution in [1.82, 2.24) is 10.2 Å². The quantitative estimate of drug-likeness (QED) is 0.226. The Labute approximate surface area is 279 Å². The molecule has 0 radical (unpaired) electrons. The molecule has 0 spiro atoms. The summed E-state index contributed by atoms with van der Waals surface area (Å²) in [5.74, 6) is 0.189. The molecule has 47 heavy (non-hydrogen) atoms. The summed E-state index contributed by atoms with van der Waals surface area (Å²) in [5.41, 5.74) is 3.17. The number of nitrogens with zero attached hydrogens (tertiary/aromatic N) is 2. The van der Waals surface area contributed by atoms with Gasteiger partial charge in [-0.25, -0.2) is 9.59 Å². The number of carbonyl (C=O) groups is 3. The maximum atomic E-state index is 14.3. The molecule has 3 atom stereocenters. The highest BCUT2D eigenvalue weighted by Crippen LogP contribution is 2.42. The second-order valence-corrected chi connectivity index (χ2v) is 13.7. The second-order valence-electron chi connectivity index (χ2n) is 12.7. The predicted octanol–water partition coefficient (Wildman–Crippen LogP) is 6.23. The third-order valence-corrected chi connectivity index (χ3v) is 9.57. The fourth-order valence-corrected chi connectivity index (χ4v) is 7.23. The summed E-state index contributed by atoms with van der Waals surface area (Å²) in [6.07, 6.45) is 1.26. The molecule has 2 saturated heterocycles. The van der Waals surface area contributed by atoms with E-state index in [1.807, 2.05) is 122 Å². The fourth-order valence-electron chi connectivity index (χ4n) is 6.03. The van der Waals surface area contributed by atoms with E-state index >= 15 is 0 Å². The molecule has 9 nitrogen and oxygen atoms in total. The molecular weight excluding hydrogens is 614 g/mol. The van der Waals surface area contributed by atoms with E-state index in [0.29, 0.717) is 30.7 Å². The lowest BCUT2D eigenvalue weighted by atomic mass is 9.96. The molecule has 6 rings (SSSR count). The molecule has 1 N–H and O–H groups in total. The van der Waals surface area contributed by atoms with E-state index in [9.17, 15) is 14.4 Å². The van der Waals surface area contributed by atoms with E-state index in [0.717, 1.165) is 22.6 Å². The van der Waals surface area contributed by atoms with Gasteiger partial charge in [0, 0.05) is 24.4 Å². The number of esters is 1. The van der Waals surface area contributed by atoms with E-state index in [4.69, 9.17) is 14.2 Å². The summed E-state index contributed by atoms with van der Waals surface area (Å²) in [6.45, 7) is 6.41. The van der Waals surface area contributed by atoms with Crippen molar-refractivity contribution >= 4 is 35.4 Å². The molecule has 0 saturated carbocycles. The molecule has 2 fully saturated rings. The monoisotopic (exact) mass is 653 g/mol. The minimum Gasteiger partial charge on any atom is -0.497 e. The SMILES string of the molecule is COc1ccc(N2CCC(=CC3=CS[C@@H]4[C@H](NC(=O)OC(C)(C)C)CN4[C@@H]3C(=O)OC(c3ccccc3)c3ccccc3)C2=O)cc1. The van der Waals surface area contributed by atoms with Gasteiger partial charge in [-0.1, -0.05) is 60.7 Å². The van der Waals surface area contributed by atoms with Crippen LogP contribution >= 0.6 is 11.8 Å². The average Bonchev–Trinajstić information content (AvgIpc) is 3.41. The molecule has 2 amide bonds. The maximum absolute atomic E-state index is 14.3. The van der Waals surface area contributed by atoms with Crippen LogP contribution in [0, 0.1) is 0 Å². The molecule has 3 aliphatic rings. The summed E-state index contributed by atoms with van der Waals surface area (Å²) >= 11 is 1.51. The van der Waals surface area contributed by atoms with Gasteiger partial charge in [0.25, 0.3) is 5.91 Å². The Kier molecular flexibility index (Phi) is 9.42. The molecule has 0 aromatic heterocycles. The van der Waals surface area contributed by atoms with E-state index < -0.39 is 29.8 Å². The van der Waals surface area contributed by atoms with Crippen molar-refractivity contribution in [2.75, 3.05) is 25.1 Å². The summed E-state index contributed by atoms with van der Waals surface area (Å²) in [7, 11) is 1.61. The van der Waals surface area contributed by atoms with Crippen LogP contribution < -0.4 is 15.0 Å². The van der Waals surface area contributed by atoms with Crippen molar-refractivity contribution in [2.45, 2.75) is 56.4 Å². The predicted molar refractivity (Wildman–Crippen MR) is 182 cm³/mol. The highest BCUT2D eigenvalue weighted by molar-refractivity contribution is 8.02. The lowest BCUT2D eigenvalue weighted by molar-refractivity contribution is -0.155. The van der Waals surface area contributed by atoms with Crippen LogP contribution in [0.5, 0.6) is 5.75 Å². The molecular formula is C37H39N3O6S. The molecule has 0 aliphatic carbocycles. The van der Waals surface area contributed by atoms with Gasteiger partial charge in [-0.15, -0.1) is 11.8 Å². The van der Waals surface area contributed by atoms with Gasteiger partial charge in [0.15, 0.2) is 6.10 Å². The number of anilines is 1. The summed E-state index contributed by atoms with van der Waals surface area (Å²) in [4.78, 5) is 44.3. The van der Waals surface area contributed by atoms with Crippen LogP contribution in [0.3, 0.4) is 0 Å². The number of alkyl carbamates (subject to hydrolysis) is 1. The third-order valence-electron chi connectivity index (χ3n) is 8.28. The number of amides is 2. The number of hydrogen-bond donors (Lipinski definition) is 1. The van der Waals surface area contributed by atoms with Crippen LogP contribution in [0.4, 0.5) is 10.5 Å². The Morgan fingerprint density at radius 1 is 0.957 bits per heavy atom. The number of methoxy groups -OCH3 is 1. The number of thioether (sulfide) groups is 1. The second kappa shape index (κ2) is 13.7. The fraction of sp³-hybridized carbons (Fsp3) is 0.324. The minimum absolute atomic E-state index is 0.102. The molecule has 0 bridgehead atoms. The van der Waals surface area contributed by atoms with E-state index in [1.165, 1.54) is 11.8 Å². The Bertz CT molecular complexity index is 1630. The zero-order valence-corrected chi connectivity index (χ0v) is 27.7. The van der Waals surface area contributed by atoms with E-state index in [2.05, 4.69) is 5.32 Å². The van der Waals surface area contributed by atoms with Crippen LogP contribution in [0.25, 0.3) is 0 Å². The maximum Gasteiger partial charge on any atom is 0.408 e. The molecule has 244 valence electrons. The number of hydrogen-bond acceptors (Lipinski definition) is 8. The van der Waals surface area contributed by atoms with Crippen molar-refractivity contribution in [1.29, 1.82) is 0 Å². The Morgan fingerprint density at radius 3 is 2.19 bits per heavy atom. The van der Waals surface area contributed by atoms with Crippen molar-refractivity contribution in [2.24, 2.45) is 0 Å². The number of benzene rings is 3. The first-order chi connectivity index (χ1) is 22.6. The molecule has 0 unspecified atom stereocenters. The first-order valence-electron chi connectivity index (χ1n) is 15.7. The highest BCUT2D eigenvalue weighted by Gasteiger charge is 2.50. The van der Waals surface area contributed by atoms with Crippen LogP contribution in [-0.2, 0) is 19.1 Å². The zero-order chi connectivity index (χ0) is 33.1. The molecule has 3 aliphatic heterocycles. The normalized spacial score (nSPS) is 21.9. The summed E-state index contributed by atoms with van der Waals surface area (Å²) in [6, 6.07) is 25.7. The first-order valence-corrected chi connectivity index (χ1v) is 16.6. The average molecular weight is 654 g/mol. The Balaban J connectivity index is 1.28. The Morgan fingerprint density at radius 2 is 1.60 bits per heavy atom. The number of ether oxygens (including phenoxy) is 3. The zero-order valence-electron chi connectivity index (χ0n) is 26.9. The smallest absolute Gasteiger partial charge is 0.408 e. The van der Waals surface area contributed by atoms with Gasteiger partial charge < -0.3 is 24.4 Å². The van der Waals surface area contributed by atoms with Gasteiger partial charge in [-0.05, 0) is 79.6 Å².